The van der Waals surface area contributed by atoms with Crippen LogP contribution in [0.3, 0.4) is 0 Å². The van der Waals surface area contributed by atoms with Crippen LogP contribution in [0.2, 0.25) is 4.34 Å². The lowest BCUT2D eigenvalue weighted by atomic mass is 9.73. The van der Waals surface area contributed by atoms with Crippen LogP contribution in [0.15, 0.2) is 30.3 Å². The summed E-state index contributed by atoms with van der Waals surface area (Å²) >= 11 is 7.07. The third kappa shape index (κ3) is 7.47. The molecule has 2 saturated heterocycles. The molecule has 0 saturated carbocycles. The molecule has 2 aromatic rings. The Kier molecular flexibility index (Phi) is 9.61. The molecule has 2 fully saturated rings. The van der Waals surface area contributed by atoms with Gasteiger partial charge in [0.1, 0.15) is 18.5 Å². The van der Waals surface area contributed by atoms with Gasteiger partial charge in [-0.1, -0.05) is 39.3 Å². The molecule has 4 rings (SSSR count). The highest BCUT2D eigenvalue weighted by molar-refractivity contribution is 7.18. The number of imide groups is 1. The molecule has 1 unspecified atom stereocenters. The zero-order valence-corrected chi connectivity index (χ0v) is 25.6. The summed E-state index contributed by atoms with van der Waals surface area (Å²) in [6, 6.07) is 7.19. The Labute approximate surface area is 252 Å². The molecule has 228 valence electrons. The van der Waals surface area contributed by atoms with E-state index in [1.54, 1.807) is 6.07 Å². The van der Waals surface area contributed by atoms with E-state index >= 15 is 4.39 Å². The number of amides is 4. The highest BCUT2D eigenvalue weighted by Crippen LogP contribution is 2.37. The third-order valence-corrected chi connectivity index (χ3v) is 8.34. The molecule has 0 aliphatic carbocycles. The first kappa shape index (κ1) is 31.9. The lowest BCUT2D eigenvalue weighted by molar-refractivity contribution is -0.132. The number of benzene rings is 1. The Balaban J connectivity index is 1.52. The molecule has 3 heterocycles. The first-order valence-corrected chi connectivity index (χ1v) is 14.8. The number of halogens is 2. The minimum absolute atomic E-state index is 0.00199. The fraction of sp³-hybridized carbons (Fsp3) is 0.517. The van der Waals surface area contributed by atoms with Crippen LogP contribution >= 0.6 is 22.9 Å². The highest BCUT2D eigenvalue weighted by atomic mass is 35.5. The molecule has 2 aliphatic rings. The Hall–Kier alpha value is -3.06. The zero-order chi connectivity index (χ0) is 30.8. The number of thiophene rings is 1. The van der Waals surface area contributed by atoms with E-state index < -0.39 is 40.7 Å². The normalized spacial score (nSPS) is 17.9. The van der Waals surface area contributed by atoms with Crippen molar-refractivity contribution < 1.29 is 38.1 Å². The number of cyclic esters (lactones) is 1. The number of rotatable bonds is 10. The molecule has 2 aliphatic heterocycles. The molecule has 0 radical (unpaired) electrons. The standard InChI is InChI=1S/C29H35ClFN3O7S/c1-28(2,16-29(3,4)17-35)12-24(36)34(26(38)22-7-8-23(30)42-22)14-19-13-33(27(39)41-19)21-6-5-18(11-20(21)31)32-9-10-40-15-25(32)37/h5-8,11,19,35H,9-10,12-17H2,1-4H3. The van der Waals surface area contributed by atoms with Crippen molar-refractivity contribution in [1.29, 1.82) is 0 Å². The third-order valence-electron chi connectivity index (χ3n) is 7.12. The molecule has 13 heteroatoms. The predicted octanol–water partition coefficient (Wildman–Crippen LogP) is 4.72. The average Bonchev–Trinajstić information content (AvgIpc) is 3.51. The predicted molar refractivity (Wildman–Crippen MR) is 156 cm³/mol. The molecular formula is C29H35ClFN3O7S. The highest BCUT2D eigenvalue weighted by Gasteiger charge is 2.39. The maximum Gasteiger partial charge on any atom is 0.414 e. The smallest absolute Gasteiger partial charge is 0.414 e. The number of morpholine rings is 1. The van der Waals surface area contributed by atoms with Gasteiger partial charge in [-0.05, 0) is 47.6 Å². The van der Waals surface area contributed by atoms with E-state index in [-0.39, 0.29) is 55.7 Å². The Morgan fingerprint density at radius 3 is 2.50 bits per heavy atom. The van der Waals surface area contributed by atoms with Crippen molar-refractivity contribution in [3.05, 3.63) is 45.4 Å². The van der Waals surface area contributed by atoms with Gasteiger partial charge in [0.05, 0.1) is 34.6 Å². The molecule has 1 aromatic carbocycles. The number of hydrogen-bond acceptors (Lipinski definition) is 8. The number of aliphatic hydroxyl groups is 1. The first-order valence-electron chi connectivity index (χ1n) is 13.6. The van der Waals surface area contributed by atoms with Crippen LogP contribution in [0, 0.1) is 16.6 Å². The van der Waals surface area contributed by atoms with Gasteiger partial charge in [0.15, 0.2) is 0 Å². The lowest BCUT2D eigenvalue weighted by Gasteiger charge is -2.34. The van der Waals surface area contributed by atoms with Crippen molar-refractivity contribution in [3.8, 4) is 0 Å². The van der Waals surface area contributed by atoms with Crippen LogP contribution in [-0.2, 0) is 19.1 Å². The topological polar surface area (TPSA) is 117 Å². The van der Waals surface area contributed by atoms with E-state index in [4.69, 9.17) is 21.1 Å². The van der Waals surface area contributed by atoms with Crippen molar-refractivity contribution >= 4 is 58.1 Å². The van der Waals surface area contributed by atoms with E-state index in [0.717, 1.165) is 21.1 Å². The summed E-state index contributed by atoms with van der Waals surface area (Å²) in [6.45, 7) is 7.69. The van der Waals surface area contributed by atoms with Gasteiger partial charge in [0, 0.05) is 25.3 Å². The molecule has 0 bridgehead atoms. The summed E-state index contributed by atoms with van der Waals surface area (Å²) in [4.78, 5) is 55.9. The lowest BCUT2D eigenvalue weighted by Crippen LogP contribution is -2.44. The van der Waals surface area contributed by atoms with E-state index in [2.05, 4.69) is 0 Å². The van der Waals surface area contributed by atoms with Crippen LogP contribution in [-0.4, -0.2) is 79.4 Å². The van der Waals surface area contributed by atoms with Gasteiger partial charge in [0.2, 0.25) is 5.91 Å². The second kappa shape index (κ2) is 12.7. The van der Waals surface area contributed by atoms with Crippen molar-refractivity contribution in [3.63, 3.8) is 0 Å². The van der Waals surface area contributed by atoms with Gasteiger partial charge in [0.25, 0.3) is 11.8 Å². The molecule has 1 N–H and O–H groups in total. The van der Waals surface area contributed by atoms with E-state index in [1.165, 1.54) is 29.2 Å². The summed E-state index contributed by atoms with van der Waals surface area (Å²) in [7, 11) is 0. The van der Waals surface area contributed by atoms with Crippen LogP contribution < -0.4 is 9.80 Å². The largest absolute Gasteiger partial charge is 0.442 e. The summed E-state index contributed by atoms with van der Waals surface area (Å²) in [5.41, 5.74) is -0.693. The Morgan fingerprint density at radius 2 is 1.88 bits per heavy atom. The van der Waals surface area contributed by atoms with E-state index in [9.17, 15) is 24.3 Å². The molecular weight excluding hydrogens is 589 g/mol. The molecule has 1 atom stereocenters. The maximum absolute atomic E-state index is 15.2. The molecule has 4 amide bonds. The van der Waals surface area contributed by atoms with E-state index in [0.29, 0.717) is 23.1 Å². The summed E-state index contributed by atoms with van der Waals surface area (Å²) in [5, 5.41) is 9.72. The molecule has 10 nitrogen and oxygen atoms in total. The zero-order valence-electron chi connectivity index (χ0n) is 24.0. The van der Waals surface area contributed by atoms with E-state index in [1.807, 2.05) is 27.7 Å². The second-order valence-corrected chi connectivity index (χ2v) is 13.8. The summed E-state index contributed by atoms with van der Waals surface area (Å²) in [5.74, 6) is -2.06. The number of hydrogen-bond donors (Lipinski definition) is 1. The minimum Gasteiger partial charge on any atom is -0.442 e. The van der Waals surface area contributed by atoms with Crippen LogP contribution in [0.5, 0.6) is 0 Å². The number of ether oxygens (including phenoxy) is 2. The Bertz CT molecular complexity index is 1360. The van der Waals surface area contributed by atoms with Gasteiger partial charge >= 0.3 is 6.09 Å². The number of anilines is 2. The molecule has 1 aromatic heterocycles. The summed E-state index contributed by atoms with van der Waals surface area (Å²) in [6.07, 6.45) is -1.22. The van der Waals surface area contributed by atoms with Crippen molar-refractivity contribution in [1.82, 2.24) is 4.90 Å². The Morgan fingerprint density at radius 1 is 1.14 bits per heavy atom. The van der Waals surface area contributed by atoms with Crippen LogP contribution in [0.1, 0.15) is 50.2 Å². The SMILES string of the molecule is CC(C)(CO)CC(C)(C)CC(=O)N(CC1CN(c2ccc(N3CCOCC3=O)cc2F)C(=O)O1)C(=O)c1ccc(Cl)s1. The number of carbonyl (C=O) groups is 4. The number of aliphatic hydroxyl groups excluding tert-OH is 1. The van der Waals surface area contributed by atoms with Gasteiger partial charge in [-0.2, -0.15) is 0 Å². The average molecular weight is 624 g/mol. The van der Waals surface area contributed by atoms with Crippen LogP contribution in [0.4, 0.5) is 20.6 Å². The number of nitrogens with zero attached hydrogens (tertiary/aromatic N) is 3. The van der Waals surface area contributed by atoms with Crippen molar-refractivity contribution in [2.24, 2.45) is 10.8 Å². The summed E-state index contributed by atoms with van der Waals surface area (Å²) < 4.78 is 26.2. The monoisotopic (exact) mass is 623 g/mol. The fourth-order valence-electron chi connectivity index (χ4n) is 5.47. The van der Waals surface area contributed by atoms with Crippen molar-refractivity contribution in [2.75, 3.05) is 49.3 Å². The van der Waals surface area contributed by atoms with Gasteiger partial charge in [-0.25, -0.2) is 9.18 Å². The second-order valence-electron chi connectivity index (χ2n) is 12.1. The maximum atomic E-state index is 15.2. The van der Waals surface area contributed by atoms with Crippen LogP contribution in [0.25, 0.3) is 0 Å². The minimum atomic E-state index is -0.919. The number of carbonyl (C=O) groups excluding carboxylic acids is 4. The van der Waals surface area contributed by atoms with Gasteiger partial charge < -0.3 is 19.5 Å². The van der Waals surface area contributed by atoms with Crippen molar-refractivity contribution in [2.45, 2.75) is 46.6 Å². The fourth-order valence-corrected chi connectivity index (χ4v) is 6.46. The van der Waals surface area contributed by atoms with Gasteiger partial charge in [-0.3, -0.25) is 24.2 Å². The molecule has 42 heavy (non-hydrogen) atoms. The van der Waals surface area contributed by atoms with Gasteiger partial charge in [-0.15, -0.1) is 11.3 Å². The molecule has 0 spiro atoms. The quantitative estimate of drug-likeness (QED) is 0.407. The first-order chi connectivity index (χ1) is 19.7.